The maximum Gasteiger partial charge on any atom is 0.250 e. The van der Waals surface area contributed by atoms with Gasteiger partial charge in [0.05, 0.1) is 5.60 Å². The van der Waals surface area contributed by atoms with Crippen molar-refractivity contribution in [1.29, 1.82) is 0 Å². The van der Waals surface area contributed by atoms with Crippen LogP contribution in [0.1, 0.15) is 24.8 Å². The molecule has 2 rings (SSSR count). The summed E-state index contributed by atoms with van der Waals surface area (Å²) in [4.78, 5) is 11.5. The minimum atomic E-state index is -0.415. The van der Waals surface area contributed by atoms with Crippen molar-refractivity contribution >= 4 is 0 Å². The summed E-state index contributed by atoms with van der Waals surface area (Å²) in [6.45, 7) is -0.296. The third-order valence-corrected chi connectivity index (χ3v) is 3.13. The number of aryl methyl sites for hydroxylation is 1. The first-order chi connectivity index (χ1) is 7.18. The monoisotopic (exact) mass is 209 g/mol. The largest absolute Gasteiger partial charge is 0.371 e. The maximum atomic E-state index is 11.5. The molecule has 82 valence electrons. The maximum absolute atomic E-state index is 11.5. The highest BCUT2D eigenvalue weighted by Crippen LogP contribution is 2.43. The van der Waals surface area contributed by atoms with E-state index in [2.05, 4.69) is 0 Å². The molecule has 4 nitrogen and oxygen atoms in total. The molecule has 4 heteroatoms. The van der Waals surface area contributed by atoms with Crippen molar-refractivity contribution in [2.75, 3.05) is 6.79 Å². The summed E-state index contributed by atoms with van der Waals surface area (Å²) < 4.78 is 6.88. The second-order valence-corrected chi connectivity index (χ2v) is 3.99. The standard InChI is InChI=1S/C11H15NO3/c1-12-6-3-9(7-10(12)14)11(15-8-13)4-2-5-11/h3,6-7,13H,2,4-5,8H2,1H3. The van der Waals surface area contributed by atoms with Crippen LogP contribution in [0.5, 0.6) is 0 Å². The molecule has 1 heterocycles. The smallest absolute Gasteiger partial charge is 0.250 e. The quantitative estimate of drug-likeness (QED) is 0.747. The number of aliphatic hydroxyl groups excluding tert-OH is 1. The molecule has 1 N–H and O–H groups in total. The van der Waals surface area contributed by atoms with E-state index in [4.69, 9.17) is 9.84 Å². The molecule has 0 radical (unpaired) electrons. The zero-order valence-electron chi connectivity index (χ0n) is 8.77. The van der Waals surface area contributed by atoms with Crippen molar-refractivity contribution in [1.82, 2.24) is 4.57 Å². The molecule has 1 fully saturated rings. The average molecular weight is 209 g/mol. The Morgan fingerprint density at radius 1 is 1.60 bits per heavy atom. The predicted molar refractivity (Wildman–Crippen MR) is 55.4 cm³/mol. The van der Waals surface area contributed by atoms with Gasteiger partial charge < -0.3 is 14.4 Å². The summed E-state index contributed by atoms with van der Waals surface area (Å²) in [6.07, 6.45) is 4.56. The Kier molecular flexibility index (Phi) is 2.63. The Bertz CT molecular complexity index is 407. The van der Waals surface area contributed by atoms with Gasteiger partial charge in [0.25, 0.3) is 5.56 Å². The Morgan fingerprint density at radius 3 is 2.80 bits per heavy atom. The summed E-state index contributed by atoms with van der Waals surface area (Å²) >= 11 is 0. The molecule has 0 unspecified atom stereocenters. The fraction of sp³-hybridized carbons (Fsp3) is 0.545. The topological polar surface area (TPSA) is 51.5 Å². The molecule has 1 aliphatic rings. The van der Waals surface area contributed by atoms with Gasteiger partial charge >= 0.3 is 0 Å². The molecule has 0 aromatic carbocycles. The van der Waals surface area contributed by atoms with Gasteiger partial charge in [-0.05, 0) is 30.9 Å². The van der Waals surface area contributed by atoms with Gasteiger partial charge in [0, 0.05) is 19.3 Å². The summed E-state index contributed by atoms with van der Waals surface area (Å²) in [7, 11) is 1.71. The van der Waals surface area contributed by atoms with E-state index in [0.717, 1.165) is 24.8 Å². The van der Waals surface area contributed by atoms with Gasteiger partial charge in [0.2, 0.25) is 0 Å². The Hall–Kier alpha value is -1.13. The highest BCUT2D eigenvalue weighted by Gasteiger charge is 2.40. The SMILES string of the molecule is Cn1ccc(C2(OCO)CCC2)cc1=O. The number of hydrogen-bond acceptors (Lipinski definition) is 3. The van der Waals surface area contributed by atoms with Gasteiger partial charge in [-0.15, -0.1) is 0 Å². The van der Waals surface area contributed by atoms with Crippen LogP contribution in [0.2, 0.25) is 0 Å². The Balaban J connectivity index is 2.35. The molecule has 0 saturated heterocycles. The fourth-order valence-corrected chi connectivity index (χ4v) is 1.97. The van der Waals surface area contributed by atoms with E-state index < -0.39 is 5.60 Å². The van der Waals surface area contributed by atoms with Crippen LogP contribution < -0.4 is 5.56 Å². The lowest BCUT2D eigenvalue weighted by Crippen LogP contribution is -2.38. The van der Waals surface area contributed by atoms with Crippen LogP contribution in [-0.4, -0.2) is 16.5 Å². The number of aromatic nitrogens is 1. The van der Waals surface area contributed by atoms with Gasteiger partial charge in [-0.3, -0.25) is 4.79 Å². The normalized spacial score (nSPS) is 18.5. The minimum absolute atomic E-state index is 0.0414. The summed E-state index contributed by atoms with van der Waals surface area (Å²) in [6, 6.07) is 3.48. The third kappa shape index (κ3) is 1.70. The first kappa shape index (κ1) is 10.4. The van der Waals surface area contributed by atoms with E-state index in [9.17, 15) is 4.79 Å². The molecular weight excluding hydrogens is 194 g/mol. The van der Waals surface area contributed by atoms with Crippen LogP contribution in [0.25, 0.3) is 0 Å². The number of pyridine rings is 1. The fourth-order valence-electron chi connectivity index (χ4n) is 1.97. The molecule has 0 aliphatic heterocycles. The minimum Gasteiger partial charge on any atom is -0.371 e. The lowest BCUT2D eigenvalue weighted by molar-refractivity contribution is -0.161. The first-order valence-electron chi connectivity index (χ1n) is 5.10. The molecule has 1 aromatic heterocycles. The molecule has 0 amide bonds. The van der Waals surface area contributed by atoms with Crippen LogP contribution in [0.3, 0.4) is 0 Å². The molecule has 15 heavy (non-hydrogen) atoms. The number of rotatable bonds is 3. The molecule has 0 bridgehead atoms. The van der Waals surface area contributed by atoms with E-state index >= 15 is 0 Å². The zero-order valence-corrected chi connectivity index (χ0v) is 8.77. The van der Waals surface area contributed by atoms with Gasteiger partial charge in [0.1, 0.15) is 6.79 Å². The lowest BCUT2D eigenvalue weighted by Gasteiger charge is -2.41. The van der Waals surface area contributed by atoms with Crippen LogP contribution in [-0.2, 0) is 17.4 Å². The highest BCUT2D eigenvalue weighted by molar-refractivity contribution is 5.22. The van der Waals surface area contributed by atoms with E-state index in [1.807, 2.05) is 6.07 Å². The lowest BCUT2D eigenvalue weighted by atomic mass is 9.75. The number of hydrogen-bond donors (Lipinski definition) is 1. The third-order valence-electron chi connectivity index (χ3n) is 3.13. The number of aliphatic hydroxyl groups is 1. The van der Waals surface area contributed by atoms with Crippen molar-refractivity contribution in [3.63, 3.8) is 0 Å². The van der Waals surface area contributed by atoms with E-state index in [1.54, 1.807) is 19.3 Å². The van der Waals surface area contributed by atoms with Crippen molar-refractivity contribution < 1.29 is 9.84 Å². The van der Waals surface area contributed by atoms with E-state index in [-0.39, 0.29) is 12.4 Å². The van der Waals surface area contributed by atoms with Gasteiger partial charge in [0.15, 0.2) is 0 Å². The second-order valence-electron chi connectivity index (χ2n) is 3.99. The Labute approximate surface area is 88.1 Å². The van der Waals surface area contributed by atoms with Crippen LogP contribution in [0, 0.1) is 0 Å². The van der Waals surface area contributed by atoms with Crippen molar-refractivity contribution in [3.8, 4) is 0 Å². The molecular formula is C11H15NO3. The molecule has 1 aliphatic carbocycles. The molecule has 0 spiro atoms. The van der Waals surface area contributed by atoms with E-state index in [1.165, 1.54) is 4.57 Å². The van der Waals surface area contributed by atoms with Crippen LogP contribution >= 0.6 is 0 Å². The summed E-state index contributed by atoms with van der Waals surface area (Å²) in [5.41, 5.74) is 0.425. The summed E-state index contributed by atoms with van der Waals surface area (Å²) in [5.74, 6) is 0. The molecule has 0 atom stereocenters. The first-order valence-corrected chi connectivity index (χ1v) is 5.10. The average Bonchev–Trinajstić information content (AvgIpc) is 2.16. The molecule has 1 saturated carbocycles. The van der Waals surface area contributed by atoms with Crippen molar-refractivity contribution in [2.45, 2.75) is 24.9 Å². The number of nitrogens with zero attached hydrogens (tertiary/aromatic N) is 1. The second kappa shape index (κ2) is 3.79. The van der Waals surface area contributed by atoms with Crippen molar-refractivity contribution in [2.24, 2.45) is 7.05 Å². The van der Waals surface area contributed by atoms with Gasteiger partial charge in [-0.2, -0.15) is 0 Å². The van der Waals surface area contributed by atoms with Gasteiger partial charge in [-0.1, -0.05) is 0 Å². The zero-order chi connectivity index (χ0) is 10.9. The van der Waals surface area contributed by atoms with Crippen LogP contribution in [0.4, 0.5) is 0 Å². The summed E-state index contributed by atoms with van der Waals surface area (Å²) in [5, 5.41) is 8.85. The van der Waals surface area contributed by atoms with Crippen LogP contribution in [0.15, 0.2) is 23.1 Å². The predicted octanol–water partition coefficient (Wildman–Crippen LogP) is 0.731. The Morgan fingerprint density at radius 2 is 2.33 bits per heavy atom. The van der Waals surface area contributed by atoms with E-state index in [0.29, 0.717) is 0 Å². The molecule has 1 aromatic rings. The highest BCUT2D eigenvalue weighted by atomic mass is 16.6. The number of ether oxygens (including phenoxy) is 1. The van der Waals surface area contributed by atoms with Crippen molar-refractivity contribution in [3.05, 3.63) is 34.2 Å². The van der Waals surface area contributed by atoms with Gasteiger partial charge in [-0.25, -0.2) is 0 Å².